The van der Waals surface area contributed by atoms with E-state index in [4.69, 9.17) is 9.47 Å². The second-order valence-corrected chi connectivity index (χ2v) is 7.01. The van der Waals surface area contributed by atoms with Crippen molar-refractivity contribution >= 4 is 11.7 Å². The summed E-state index contributed by atoms with van der Waals surface area (Å²) >= 11 is 0. The Balaban J connectivity index is 1.69. The van der Waals surface area contributed by atoms with Crippen LogP contribution in [0.3, 0.4) is 0 Å². The molecule has 2 amide bonds. The van der Waals surface area contributed by atoms with Crippen LogP contribution >= 0.6 is 0 Å². The Morgan fingerprint density at radius 2 is 2.04 bits per heavy atom. The van der Waals surface area contributed by atoms with E-state index in [0.717, 1.165) is 51.3 Å². The van der Waals surface area contributed by atoms with Crippen molar-refractivity contribution in [3.63, 3.8) is 0 Å². The monoisotopic (exact) mass is 332 g/mol. The van der Waals surface area contributed by atoms with Gasteiger partial charge < -0.3 is 19.7 Å². The third-order valence-corrected chi connectivity index (χ3v) is 5.26. The Labute approximate surface area is 144 Å². The number of nitrogens with zero attached hydrogens (tertiary/aromatic N) is 1. The molecule has 0 radical (unpaired) electrons. The maximum Gasteiger partial charge on any atom is 0.321 e. The van der Waals surface area contributed by atoms with Gasteiger partial charge in [-0.15, -0.1) is 0 Å². The number of aryl methyl sites for hydroxylation is 2. The van der Waals surface area contributed by atoms with Crippen LogP contribution in [0.25, 0.3) is 0 Å². The first-order valence-corrected chi connectivity index (χ1v) is 8.93. The fourth-order valence-corrected chi connectivity index (χ4v) is 3.61. The minimum absolute atomic E-state index is 0.0303. The predicted molar refractivity (Wildman–Crippen MR) is 94.5 cm³/mol. The molecule has 2 heterocycles. The van der Waals surface area contributed by atoms with Gasteiger partial charge >= 0.3 is 6.03 Å². The zero-order valence-electron chi connectivity index (χ0n) is 14.8. The normalized spacial score (nSPS) is 20.7. The van der Waals surface area contributed by atoms with Crippen LogP contribution in [0, 0.1) is 12.3 Å². The van der Waals surface area contributed by atoms with Crippen molar-refractivity contribution in [2.75, 3.05) is 44.8 Å². The fourth-order valence-electron chi connectivity index (χ4n) is 3.61. The van der Waals surface area contributed by atoms with Crippen LogP contribution in [0.2, 0.25) is 0 Å². The van der Waals surface area contributed by atoms with Crippen LogP contribution in [0.1, 0.15) is 30.9 Å². The molecule has 2 saturated heterocycles. The van der Waals surface area contributed by atoms with Gasteiger partial charge in [0.1, 0.15) is 0 Å². The zero-order chi connectivity index (χ0) is 17.0. The molecule has 1 aromatic rings. The lowest BCUT2D eigenvalue weighted by atomic mass is 9.80. The maximum atomic E-state index is 12.8. The Kier molecular flexibility index (Phi) is 5.41. The molecule has 2 aliphatic heterocycles. The van der Waals surface area contributed by atoms with Crippen molar-refractivity contribution in [1.29, 1.82) is 0 Å². The summed E-state index contributed by atoms with van der Waals surface area (Å²) in [6, 6.07) is 6.09. The van der Waals surface area contributed by atoms with Gasteiger partial charge in [-0.05, 0) is 49.4 Å². The van der Waals surface area contributed by atoms with E-state index in [9.17, 15) is 4.79 Å². The molecule has 3 rings (SSSR count). The SMILES string of the molecule is CCc1cc(NC(=O)N2CCOCC3(CCOCC3)C2)ccc1C. The molecule has 2 aliphatic rings. The van der Waals surface area contributed by atoms with E-state index in [2.05, 4.69) is 31.3 Å². The molecule has 0 bridgehead atoms. The lowest BCUT2D eigenvalue weighted by molar-refractivity contribution is -0.0292. The average Bonchev–Trinajstić information content (AvgIpc) is 2.80. The van der Waals surface area contributed by atoms with Gasteiger partial charge in [-0.1, -0.05) is 13.0 Å². The summed E-state index contributed by atoms with van der Waals surface area (Å²) in [4.78, 5) is 14.7. The molecule has 0 unspecified atom stereocenters. The summed E-state index contributed by atoms with van der Waals surface area (Å²) in [7, 11) is 0. The van der Waals surface area contributed by atoms with Crippen LogP contribution in [-0.2, 0) is 15.9 Å². The van der Waals surface area contributed by atoms with E-state index < -0.39 is 0 Å². The molecular weight excluding hydrogens is 304 g/mol. The number of benzene rings is 1. The van der Waals surface area contributed by atoms with E-state index >= 15 is 0 Å². The predicted octanol–water partition coefficient (Wildman–Crippen LogP) is 3.22. The quantitative estimate of drug-likeness (QED) is 0.905. The molecule has 0 atom stereocenters. The number of ether oxygens (including phenoxy) is 2. The molecule has 5 heteroatoms. The van der Waals surface area contributed by atoms with Crippen LogP contribution in [-0.4, -0.2) is 50.4 Å². The molecule has 0 aromatic heterocycles. The third-order valence-electron chi connectivity index (χ3n) is 5.26. The number of carbonyl (C=O) groups is 1. The number of rotatable bonds is 2. The zero-order valence-corrected chi connectivity index (χ0v) is 14.8. The van der Waals surface area contributed by atoms with Gasteiger partial charge in [0, 0.05) is 37.4 Å². The summed E-state index contributed by atoms with van der Waals surface area (Å²) in [6.45, 7) is 8.47. The lowest BCUT2D eigenvalue weighted by Crippen LogP contribution is -2.46. The highest BCUT2D eigenvalue weighted by molar-refractivity contribution is 5.89. The molecule has 0 aliphatic carbocycles. The summed E-state index contributed by atoms with van der Waals surface area (Å²) in [5, 5.41) is 3.06. The van der Waals surface area contributed by atoms with E-state index in [1.807, 2.05) is 11.0 Å². The van der Waals surface area contributed by atoms with Crippen LogP contribution in [0.15, 0.2) is 18.2 Å². The summed E-state index contributed by atoms with van der Waals surface area (Å²) in [5.41, 5.74) is 3.45. The first kappa shape index (κ1) is 17.2. The first-order chi connectivity index (χ1) is 11.6. The number of hydrogen-bond acceptors (Lipinski definition) is 3. The van der Waals surface area contributed by atoms with Crippen molar-refractivity contribution in [1.82, 2.24) is 4.90 Å². The van der Waals surface area contributed by atoms with Gasteiger partial charge in [0.15, 0.2) is 0 Å². The van der Waals surface area contributed by atoms with E-state index in [0.29, 0.717) is 13.2 Å². The summed E-state index contributed by atoms with van der Waals surface area (Å²) in [6.07, 6.45) is 2.89. The molecule has 2 fully saturated rings. The van der Waals surface area contributed by atoms with Gasteiger partial charge in [-0.3, -0.25) is 0 Å². The van der Waals surface area contributed by atoms with Gasteiger partial charge in [0.25, 0.3) is 0 Å². The van der Waals surface area contributed by atoms with Crippen LogP contribution in [0.4, 0.5) is 10.5 Å². The smallest absolute Gasteiger partial charge is 0.321 e. The van der Waals surface area contributed by atoms with Gasteiger partial charge in [-0.2, -0.15) is 0 Å². The largest absolute Gasteiger partial charge is 0.381 e. The topological polar surface area (TPSA) is 50.8 Å². The molecule has 24 heavy (non-hydrogen) atoms. The molecule has 132 valence electrons. The standard InChI is InChI=1S/C19H28N2O3/c1-3-16-12-17(5-4-15(16)2)20-18(22)21-8-11-24-14-19(13-21)6-9-23-10-7-19/h4-5,12H,3,6-11,13-14H2,1-2H3,(H,20,22). The summed E-state index contributed by atoms with van der Waals surface area (Å²) < 4.78 is 11.3. The number of carbonyl (C=O) groups excluding carboxylic acids is 1. The number of nitrogens with one attached hydrogen (secondary N) is 1. The van der Waals surface area contributed by atoms with E-state index in [-0.39, 0.29) is 11.4 Å². The number of amides is 2. The van der Waals surface area contributed by atoms with Gasteiger partial charge in [0.05, 0.1) is 13.2 Å². The van der Waals surface area contributed by atoms with Crippen LogP contribution < -0.4 is 5.32 Å². The molecule has 1 aromatic carbocycles. The Bertz CT molecular complexity index is 582. The van der Waals surface area contributed by atoms with Crippen molar-refractivity contribution in [2.45, 2.75) is 33.1 Å². The van der Waals surface area contributed by atoms with Crippen LogP contribution in [0.5, 0.6) is 0 Å². The minimum Gasteiger partial charge on any atom is -0.381 e. The second kappa shape index (κ2) is 7.53. The van der Waals surface area contributed by atoms with Gasteiger partial charge in [0.2, 0.25) is 0 Å². The fraction of sp³-hybridized carbons (Fsp3) is 0.632. The van der Waals surface area contributed by atoms with Gasteiger partial charge in [-0.25, -0.2) is 4.79 Å². The average molecular weight is 332 g/mol. The Morgan fingerprint density at radius 1 is 1.25 bits per heavy atom. The number of urea groups is 1. The Morgan fingerprint density at radius 3 is 2.79 bits per heavy atom. The third kappa shape index (κ3) is 3.90. The highest BCUT2D eigenvalue weighted by Gasteiger charge is 2.37. The molecule has 1 spiro atoms. The maximum absolute atomic E-state index is 12.8. The minimum atomic E-state index is -0.0303. The molecule has 5 nitrogen and oxygen atoms in total. The highest BCUT2D eigenvalue weighted by atomic mass is 16.5. The molecule has 1 N–H and O–H groups in total. The van der Waals surface area contributed by atoms with Crippen molar-refractivity contribution in [3.05, 3.63) is 29.3 Å². The van der Waals surface area contributed by atoms with Crippen molar-refractivity contribution in [3.8, 4) is 0 Å². The number of anilines is 1. The highest BCUT2D eigenvalue weighted by Crippen LogP contribution is 2.33. The number of hydrogen-bond donors (Lipinski definition) is 1. The molecular formula is C19H28N2O3. The van der Waals surface area contributed by atoms with Crippen molar-refractivity contribution in [2.24, 2.45) is 5.41 Å². The first-order valence-electron chi connectivity index (χ1n) is 8.93. The molecule has 0 saturated carbocycles. The second-order valence-electron chi connectivity index (χ2n) is 7.01. The van der Waals surface area contributed by atoms with Crippen molar-refractivity contribution < 1.29 is 14.3 Å². The summed E-state index contributed by atoms with van der Waals surface area (Å²) in [5.74, 6) is 0. The van der Waals surface area contributed by atoms with E-state index in [1.54, 1.807) is 0 Å². The Hall–Kier alpha value is -1.59. The lowest BCUT2D eigenvalue weighted by Gasteiger charge is -2.38. The van der Waals surface area contributed by atoms with E-state index in [1.165, 1.54) is 11.1 Å².